The first-order valence-electron chi connectivity index (χ1n) is 7.41. The fraction of sp³-hybridized carbons (Fsp3) is 0.176. The van der Waals surface area contributed by atoms with Gasteiger partial charge in [0.2, 0.25) is 9.84 Å². The summed E-state index contributed by atoms with van der Waals surface area (Å²) in [6, 6.07) is 6.78. The van der Waals surface area contributed by atoms with Gasteiger partial charge in [-0.25, -0.2) is 17.2 Å². The average molecular weight is 386 g/mol. The number of furan rings is 1. The van der Waals surface area contributed by atoms with Gasteiger partial charge in [0.05, 0.1) is 16.3 Å². The SMILES string of the molecule is Cl.O=S(=O)(c1cc(F)cc(F)c1)c1ccc2c3c(oc2c1)CNCC3. The van der Waals surface area contributed by atoms with E-state index in [9.17, 15) is 17.2 Å². The molecule has 132 valence electrons. The van der Waals surface area contributed by atoms with E-state index in [1.54, 1.807) is 6.07 Å². The van der Waals surface area contributed by atoms with Gasteiger partial charge in [-0.05, 0) is 37.2 Å². The highest BCUT2D eigenvalue weighted by molar-refractivity contribution is 7.91. The third-order valence-corrected chi connectivity index (χ3v) is 5.87. The first kappa shape index (κ1) is 17.8. The molecule has 0 unspecified atom stereocenters. The number of hydrogen-bond acceptors (Lipinski definition) is 4. The minimum absolute atomic E-state index is 0. The van der Waals surface area contributed by atoms with E-state index >= 15 is 0 Å². The van der Waals surface area contributed by atoms with Crippen molar-refractivity contribution in [3.8, 4) is 0 Å². The summed E-state index contributed by atoms with van der Waals surface area (Å²) in [6.07, 6.45) is 0.809. The lowest BCUT2D eigenvalue weighted by atomic mass is 10.1. The van der Waals surface area contributed by atoms with Crippen molar-refractivity contribution in [3.63, 3.8) is 0 Å². The van der Waals surface area contributed by atoms with Gasteiger partial charge in [0.1, 0.15) is 23.0 Å². The third kappa shape index (κ3) is 3.03. The van der Waals surface area contributed by atoms with E-state index in [-0.39, 0.29) is 17.3 Å². The first-order valence-corrected chi connectivity index (χ1v) is 8.90. The van der Waals surface area contributed by atoms with Gasteiger partial charge in [-0.3, -0.25) is 0 Å². The highest BCUT2D eigenvalue weighted by atomic mass is 35.5. The molecule has 0 radical (unpaired) electrons. The van der Waals surface area contributed by atoms with Crippen LogP contribution in [0.1, 0.15) is 11.3 Å². The molecule has 4 nitrogen and oxygen atoms in total. The molecule has 4 rings (SSSR count). The van der Waals surface area contributed by atoms with Crippen molar-refractivity contribution in [2.24, 2.45) is 0 Å². The summed E-state index contributed by atoms with van der Waals surface area (Å²) < 4.78 is 57.7. The van der Waals surface area contributed by atoms with Crippen molar-refractivity contribution in [1.29, 1.82) is 0 Å². The normalized spacial score (nSPS) is 14.2. The minimum Gasteiger partial charge on any atom is -0.459 e. The lowest BCUT2D eigenvalue weighted by Gasteiger charge is -2.10. The van der Waals surface area contributed by atoms with Crippen molar-refractivity contribution in [1.82, 2.24) is 5.32 Å². The van der Waals surface area contributed by atoms with Crippen molar-refractivity contribution in [2.75, 3.05) is 6.54 Å². The smallest absolute Gasteiger partial charge is 0.206 e. The van der Waals surface area contributed by atoms with Crippen LogP contribution in [0.2, 0.25) is 0 Å². The molecule has 8 heteroatoms. The van der Waals surface area contributed by atoms with Crippen molar-refractivity contribution < 1.29 is 21.6 Å². The Morgan fingerprint density at radius 1 is 1.00 bits per heavy atom. The summed E-state index contributed by atoms with van der Waals surface area (Å²) >= 11 is 0. The molecule has 1 aromatic heterocycles. The van der Waals surface area contributed by atoms with Crippen LogP contribution in [-0.2, 0) is 22.8 Å². The van der Waals surface area contributed by atoms with Crippen LogP contribution in [0, 0.1) is 11.6 Å². The van der Waals surface area contributed by atoms with Gasteiger partial charge in [-0.2, -0.15) is 0 Å². The van der Waals surface area contributed by atoms with Gasteiger partial charge in [-0.1, -0.05) is 0 Å². The molecule has 1 N–H and O–H groups in total. The topological polar surface area (TPSA) is 59.3 Å². The maximum absolute atomic E-state index is 13.4. The fourth-order valence-electron chi connectivity index (χ4n) is 3.00. The molecule has 0 amide bonds. The van der Waals surface area contributed by atoms with Gasteiger partial charge in [0.15, 0.2) is 0 Å². The number of halogens is 3. The number of benzene rings is 2. The molecule has 3 aromatic rings. The monoisotopic (exact) mass is 385 g/mol. The van der Waals surface area contributed by atoms with E-state index in [1.165, 1.54) is 12.1 Å². The van der Waals surface area contributed by atoms with Crippen LogP contribution in [0.4, 0.5) is 8.78 Å². The Labute approximate surface area is 149 Å². The van der Waals surface area contributed by atoms with Crippen LogP contribution in [0.3, 0.4) is 0 Å². The lowest BCUT2D eigenvalue weighted by Crippen LogP contribution is -2.22. The number of sulfone groups is 1. The van der Waals surface area contributed by atoms with Gasteiger partial charge in [0, 0.05) is 23.1 Å². The van der Waals surface area contributed by atoms with Gasteiger partial charge < -0.3 is 9.73 Å². The van der Waals surface area contributed by atoms with E-state index in [4.69, 9.17) is 4.42 Å². The van der Waals surface area contributed by atoms with Crippen LogP contribution in [0.5, 0.6) is 0 Å². The fourth-order valence-corrected chi connectivity index (χ4v) is 4.32. The number of nitrogens with one attached hydrogen (secondary N) is 1. The number of fused-ring (bicyclic) bond motifs is 3. The predicted octanol–water partition coefficient (Wildman–Crippen LogP) is 3.61. The Kier molecular flexibility index (Phi) is 4.57. The largest absolute Gasteiger partial charge is 0.459 e. The second kappa shape index (κ2) is 6.40. The molecular weight excluding hydrogens is 372 g/mol. The molecule has 1 aliphatic rings. The maximum Gasteiger partial charge on any atom is 0.206 e. The van der Waals surface area contributed by atoms with Crippen molar-refractivity contribution in [3.05, 3.63) is 59.4 Å². The van der Waals surface area contributed by atoms with Crippen molar-refractivity contribution >= 4 is 33.2 Å². The van der Waals surface area contributed by atoms with Crippen LogP contribution in [0.15, 0.2) is 50.6 Å². The summed E-state index contributed by atoms with van der Waals surface area (Å²) in [4.78, 5) is -0.476. The van der Waals surface area contributed by atoms with E-state index < -0.39 is 26.4 Å². The second-order valence-corrected chi connectivity index (χ2v) is 7.65. The van der Waals surface area contributed by atoms with E-state index in [0.29, 0.717) is 18.2 Å². The summed E-state index contributed by atoms with van der Waals surface area (Å²) in [6.45, 7) is 1.44. The van der Waals surface area contributed by atoms with Crippen LogP contribution in [-0.4, -0.2) is 15.0 Å². The second-order valence-electron chi connectivity index (χ2n) is 5.70. The van der Waals surface area contributed by atoms with E-state index in [2.05, 4.69) is 5.32 Å². The Hall–Kier alpha value is -1.96. The van der Waals surface area contributed by atoms with Gasteiger partial charge in [0.25, 0.3) is 0 Å². The van der Waals surface area contributed by atoms with Crippen LogP contribution in [0.25, 0.3) is 11.0 Å². The van der Waals surface area contributed by atoms with E-state index in [0.717, 1.165) is 41.8 Å². The average Bonchev–Trinajstić information content (AvgIpc) is 2.91. The zero-order chi connectivity index (χ0) is 16.9. The summed E-state index contributed by atoms with van der Waals surface area (Å²) in [5.74, 6) is -1.08. The minimum atomic E-state index is -4.03. The highest BCUT2D eigenvalue weighted by Crippen LogP contribution is 2.32. The zero-order valence-electron chi connectivity index (χ0n) is 12.9. The van der Waals surface area contributed by atoms with Crippen LogP contribution >= 0.6 is 12.4 Å². The molecule has 1 aliphatic heterocycles. The summed E-state index contributed by atoms with van der Waals surface area (Å²) in [7, 11) is -4.03. The highest BCUT2D eigenvalue weighted by Gasteiger charge is 2.23. The Morgan fingerprint density at radius 2 is 1.72 bits per heavy atom. The number of rotatable bonds is 2. The number of hydrogen-bond donors (Lipinski definition) is 1. The lowest BCUT2D eigenvalue weighted by molar-refractivity contribution is 0.487. The van der Waals surface area contributed by atoms with Crippen LogP contribution < -0.4 is 5.32 Å². The molecule has 0 aliphatic carbocycles. The molecule has 0 spiro atoms. The molecule has 0 bridgehead atoms. The zero-order valence-corrected chi connectivity index (χ0v) is 14.5. The Balaban J connectivity index is 0.00000182. The standard InChI is InChI=1S/C17H13F2NO3S.ClH/c18-10-5-11(19)7-13(6-10)24(21,22)12-1-2-14-15-3-4-20-9-17(15)23-16(14)8-12;/h1-2,5-8,20H,3-4,9H2;1H. The van der Waals surface area contributed by atoms with E-state index in [1.807, 2.05) is 0 Å². The quantitative estimate of drug-likeness (QED) is 0.732. The molecule has 2 heterocycles. The summed E-state index contributed by atoms with van der Waals surface area (Å²) in [5.41, 5.74) is 1.53. The maximum atomic E-state index is 13.4. The molecule has 0 atom stereocenters. The van der Waals surface area contributed by atoms with Crippen molar-refractivity contribution in [2.45, 2.75) is 22.8 Å². The summed E-state index contributed by atoms with van der Waals surface area (Å²) in [5, 5.41) is 4.06. The molecule has 0 saturated carbocycles. The van der Waals surface area contributed by atoms with Gasteiger partial charge >= 0.3 is 0 Å². The van der Waals surface area contributed by atoms with Gasteiger partial charge in [-0.15, -0.1) is 12.4 Å². The molecule has 0 saturated heterocycles. The molecule has 2 aromatic carbocycles. The first-order chi connectivity index (χ1) is 11.4. The predicted molar refractivity (Wildman–Crippen MR) is 90.7 cm³/mol. The molecular formula is C17H14ClF2NO3S. The molecule has 25 heavy (non-hydrogen) atoms. The molecule has 0 fully saturated rings. The third-order valence-electron chi connectivity index (χ3n) is 4.14. The Morgan fingerprint density at radius 3 is 2.44 bits per heavy atom. The Bertz CT molecular complexity index is 1040.